The van der Waals surface area contributed by atoms with E-state index < -0.39 is 20.6 Å². The summed E-state index contributed by atoms with van der Waals surface area (Å²) < 4.78 is 26.4. The van der Waals surface area contributed by atoms with Crippen molar-refractivity contribution in [2.24, 2.45) is 0 Å². The monoisotopic (exact) mass is 364 g/mol. The van der Waals surface area contributed by atoms with E-state index in [1.165, 1.54) is 11.8 Å². The lowest BCUT2D eigenvalue weighted by atomic mass is 10.3. The molecule has 0 aliphatic rings. The first kappa shape index (κ1) is 16.1. The number of nitrogens with zero attached hydrogens (tertiary/aromatic N) is 1. The molecule has 0 spiro atoms. The quantitative estimate of drug-likeness (QED) is 0.494. The smallest absolute Gasteiger partial charge is 0.279 e. The van der Waals surface area contributed by atoms with Gasteiger partial charge in [-0.3, -0.25) is 14.8 Å². The molecule has 0 saturated heterocycles. The van der Waals surface area contributed by atoms with Gasteiger partial charge in [0.05, 0.1) is 4.92 Å². The van der Waals surface area contributed by atoms with Crippen molar-refractivity contribution in [3.05, 3.63) is 44.8 Å². The van der Waals surface area contributed by atoms with Crippen molar-refractivity contribution >= 4 is 56.1 Å². The van der Waals surface area contributed by atoms with E-state index in [4.69, 9.17) is 11.6 Å². The van der Waals surface area contributed by atoms with E-state index in [0.29, 0.717) is 17.0 Å². The number of thioether (sulfide) groups is 1. The molecule has 2 aromatic rings. The van der Waals surface area contributed by atoms with Crippen LogP contribution in [0.15, 0.2) is 39.4 Å². The highest BCUT2D eigenvalue weighted by atomic mass is 35.5. The lowest BCUT2D eigenvalue weighted by molar-refractivity contribution is -0.384. The van der Waals surface area contributed by atoms with E-state index in [1.807, 2.05) is 12.3 Å². The Hall–Kier alpha value is -1.29. The van der Waals surface area contributed by atoms with Gasteiger partial charge in [-0.05, 0) is 24.5 Å². The van der Waals surface area contributed by atoms with E-state index >= 15 is 0 Å². The Morgan fingerprint density at radius 1 is 1.38 bits per heavy atom. The summed E-state index contributed by atoms with van der Waals surface area (Å²) in [5.41, 5.74) is -0.0334. The average molecular weight is 365 g/mol. The molecule has 2 rings (SSSR count). The number of thiophene rings is 1. The minimum Gasteiger partial charge on any atom is -0.279 e. The summed E-state index contributed by atoms with van der Waals surface area (Å²) in [7, 11) is -3.90. The van der Waals surface area contributed by atoms with Crippen LogP contribution in [0.3, 0.4) is 0 Å². The Labute approximate surface area is 134 Å². The number of hydrogen-bond acceptors (Lipinski definition) is 6. The van der Waals surface area contributed by atoms with E-state index in [9.17, 15) is 18.5 Å². The van der Waals surface area contributed by atoms with Crippen molar-refractivity contribution in [2.75, 3.05) is 11.0 Å². The summed E-state index contributed by atoms with van der Waals surface area (Å²) in [6, 6.07) is 7.78. The minimum atomic E-state index is -3.90. The Bertz CT molecular complexity index is 789. The molecule has 0 fully saturated rings. The van der Waals surface area contributed by atoms with Crippen LogP contribution in [0.25, 0.3) is 0 Å². The first-order valence-corrected chi connectivity index (χ1v) is 9.34. The van der Waals surface area contributed by atoms with Crippen molar-refractivity contribution in [2.45, 2.75) is 9.10 Å². The van der Waals surface area contributed by atoms with E-state index in [1.54, 1.807) is 18.2 Å². The van der Waals surface area contributed by atoms with Crippen LogP contribution in [0.1, 0.15) is 0 Å². The van der Waals surface area contributed by atoms with Crippen LogP contribution in [-0.2, 0) is 10.0 Å². The maximum atomic E-state index is 12.2. The SMILES string of the molecule is CSc1cccc(NS(=O)(=O)c2cc([N+](=O)[O-])c(Cl)s2)c1. The van der Waals surface area contributed by atoms with E-state index in [-0.39, 0.29) is 8.55 Å². The third-order valence-electron chi connectivity index (χ3n) is 2.43. The van der Waals surface area contributed by atoms with Gasteiger partial charge in [0, 0.05) is 16.6 Å². The average Bonchev–Trinajstić information content (AvgIpc) is 2.81. The molecule has 0 amide bonds. The zero-order valence-corrected chi connectivity index (χ0v) is 13.8. The van der Waals surface area contributed by atoms with Gasteiger partial charge in [0.25, 0.3) is 15.7 Å². The fraction of sp³-hybridized carbons (Fsp3) is 0.0909. The number of rotatable bonds is 5. The van der Waals surface area contributed by atoms with Gasteiger partial charge in [-0.1, -0.05) is 17.7 Å². The van der Waals surface area contributed by atoms with Crippen LogP contribution >= 0.6 is 34.7 Å². The molecule has 0 radical (unpaired) electrons. The second kappa shape index (κ2) is 6.22. The van der Waals surface area contributed by atoms with E-state index in [0.717, 1.165) is 11.0 Å². The lowest BCUT2D eigenvalue weighted by Crippen LogP contribution is -2.11. The van der Waals surface area contributed by atoms with Gasteiger partial charge in [0.1, 0.15) is 4.21 Å². The first-order chi connectivity index (χ1) is 9.83. The largest absolute Gasteiger partial charge is 0.300 e. The van der Waals surface area contributed by atoms with Crippen molar-refractivity contribution in [3.63, 3.8) is 0 Å². The van der Waals surface area contributed by atoms with Crippen LogP contribution < -0.4 is 4.72 Å². The molecule has 1 aromatic heterocycles. The minimum absolute atomic E-state index is 0.168. The topological polar surface area (TPSA) is 89.3 Å². The first-order valence-electron chi connectivity index (χ1n) is 5.44. The summed E-state index contributed by atoms with van der Waals surface area (Å²) in [6.07, 6.45) is 1.87. The molecule has 1 heterocycles. The number of nitro groups is 1. The zero-order valence-electron chi connectivity index (χ0n) is 10.6. The summed E-state index contributed by atoms with van der Waals surface area (Å²) in [6.45, 7) is 0. The highest BCUT2D eigenvalue weighted by Crippen LogP contribution is 2.37. The third-order valence-corrected chi connectivity index (χ3v) is 6.35. The molecule has 0 bridgehead atoms. The van der Waals surface area contributed by atoms with Gasteiger partial charge >= 0.3 is 0 Å². The maximum Gasteiger partial charge on any atom is 0.300 e. The number of benzene rings is 1. The summed E-state index contributed by atoms with van der Waals surface area (Å²) in [5, 5.41) is 10.7. The van der Waals surface area contributed by atoms with Gasteiger partial charge in [-0.25, -0.2) is 8.42 Å². The molecule has 0 aliphatic carbocycles. The molecule has 0 unspecified atom stereocenters. The predicted octanol–water partition coefficient (Wildman–Crippen LogP) is 3.83. The molecule has 6 nitrogen and oxygen atoms in total. The molecule has 0 atom stereocenters. The molecule has 1 N–H and O–H groups in total. The van der Waals surface area contributed by atoms with Gasteiger partial charge in [-0.15, -0.1) is 23.1 Å². The molecule has 10 heteroatoms. The zero-order chi connectivity index (χ0) is 15.6. The summed E-state index contributed by atoms with van der Waals surface area (Å²) in [5.74, 6) is 0. The van der Waals surface area contributed by atoms with Crippen LogP contribution in [0, 0.1) is 10.1 Å². The van der Waals surface area contributed by atoms with Crippen LogP contribution in [0.2, 0.25) is 4.34 Å². The second-order valence-electron chi connectivity index (χ2n) is 3.82. The lowest BCUT2D eigenvalue weighted by Gasteiger charge is -2.06. The Kier molecular flexibility index (Phi) is 4.77. The highest BCUT2D eigenvalue weighted by Gasteiger charge is 2.25. The maximum absolute atomic E-state index is 12.2. The second-order valence-corrected chi connectivity index (χ2v) is 8.26. The number of sulfonamides is 1. The van der Waals surface area contributed by atoms with Crippen LogP contribution in [-0.4, -0.2) is 19.6 Å². The molecule has 0 aliphatic heterocycles. The Morgan fingerprint density at radius 3 is 2.67 bits per heavy atom. The Balaban J connectivity index is 2.34. The molecule has 1 aromatic carbocycles. The Morgan fingerprint density at radius 2 is 2.10 bits per heavy atom. The number of anilines is 1. The fourth-order valence-electron chi connectivity index (χ4n) is 1.49. The normalized spacial score (nSPS) is 11.3. The van der Waals surface area contributed by atoms with Crippen molar-refractivity contribution in [1.82, 2.24) is 0 Å². The molecular formula is C11H9ClN2O4S3. The van der Waals surface area contributed by atoms with Gasteiger partial charge in [-0.2, -0.15) is 0 Å². The van der Waals surface area contributed by atoms with Crippen molar-refractivity contribution < 1.29 is 13.3 Å². The van der Waals surface area contributed by atoms with Gasteiger partial charge in [0.15, 0.2) is 4.34 Å². The number of hydrogen-bond donors (Lipinski definition) is 1. The predicted molar refractivity (Wildman–Crippen MR) is 85.0 cm³/mol. The number of nitrogens with one attached hydrogen (secondary N) is 1. The number of halogens is 1. The molecular weight excluding hydrogens is 356 g/mol. The fourth-order valence-corrected chi connectivity index (χ4v) is 4.66. The summed E-state index contributed by atoms with van der Waals surface area (Å²) in [4.78, 5) is 10.9. The molecule has 21 heavy (non-hydrogen) atoms. The molecule has 112 valence electrons. The highest BCUT2D eigenvalue weighted by molar-refractivity contribution is 7.98. The van der Waals surface area contributed by atoms with Crippen molar-refractivity contribution in [1.29, 1.82) is 0 Å². The van der Waals surface area contributed by atoms with Gasteiger partial charge < -0.3 is 0 Å². The van der Waals surface area contributed by atoms with E-state index in [2.05, 4.69) is 4.72 Å². The molecule has 0 saturated carbocycles. The van der Waals surface area contributed by atoms with Crippen molar-refractivity contribution in [3.8, 4) is 0 Å². The summed E-state index contributed by atoms with van der Waals surface area (Å²) >= 11 is 7.80. The van der Waals surface area contributed by atoms with Crippen LogP contribution in [0.5, 0.6) is 0 Å². The standard InChI is InChI=1S/C11H9ClN2O4S3/c1-19-8-4-2-3-7(5-8)13-21(17,18)10-6-9(14(15)16)11(12)20-10/h2-6,13H,1H3. The van der Waals surface area contributed by atoms with Crippen LogP contribution in [0.4, 0.5) is 11.4 Å². The third kappa shape index (κ3) is 3.67. The van der Waals surface area contributed by atoms with Gasteiger partial charge in [0.2, 0.25) is 0 Å².